The van der Waals surface area contributed by atoms with Crippen LogP contribution in [0.15, 0.2) is 24.4 Å². The maximum atomic E-state index is 11.0. The van der Waals surface area contributed by atoms with Crippen LogP contribution in [0.4, 0.5) is 0 Å². The maximum absolute atomic E-state index is 11.0. The number of hydroxylamine groups is 1. The Balaban J connectivity index is 2.67. The summed E-state index contributed by atoms with van der Waals surface area (Å²) in [5.41, 5.74) is 0.709. The van der Waals surface area contributed by atoms with Crippen molar-refractivity contribution in [2.75, 3.05) is 6.54 Å². The predicted octanol–water partition coefficient (Wildman–Crippen LogP) is 1.42. The van der Waals surface area contributed by atoms with Crippen molar-refractivity contribution in [1.29, 1.82) is 0 Å². The first-order valence-corrected chi connectivity index (χ1v) is 4.02. The molecule has 0 saturated heterocycles. The van der Waals surface area contributed by atoms with Crippen LogP contribution in [0.25, 0.3) is 0 Å². The summed E-state index contributed by atoms with van der Waals surface area (Å²) >= 11 is 0. The molecule has 0 atom stereocenters. The van der Waals surface area contributed by atoms with Gasteiger partial charge in [0.25, 0.3) is 0 Å². The molecule has 1 heterocycles. The van der Waals surface area contributed by atoms with Gasteiger partial charge in [0.1, 0.15) is 5.69 Å². The molecule has 0 aromatic carbocycles. The van der Waals surface area contributed by atoms with Crippen LogP contribution in [0.3, 0.4) is 0 Å². The van der Waals surface area contributed by atoms with Crippen molar-refractivity contribution < 1.29 is 4.74 Å². The van der Waals surface area contributed by atoms with Gasteiger partial charge in [-0.1, -0.05) is 13.0 Å². The Bertz CT molecular complexity index is 256. The molecule has 0 bridgehead atoms. The molecule has 0 unspecified atom stereocenters. The summed E-state index contributed by atoms with van der Waals surface area (Å²) in [6.45, 7) is 2.49. The highest BCUT2D eigenvalue weighted by atomic mass is 16.5. The van der Waals surface area contributed by atoms with Gasteiger partial charge in [-0.3, -0.25) is 4.98 Å². The lowest BCUT2D eigenvalue weighted by Gasteiger charge is -2.00. The summed E-state index contributed by atoms with van der Waals surface area (Å²) in [5.74, 6) is 0. The van der Waals surface area contributed by atoms with Gasteiger partial charge in [0.2, 0.25) is 0 Å². The molecule has 0 spiro atoms. The molecule has 0 amide bonds. The number of hydrogen-bond donors (Lipinski definition) is 0. The lowest BCUT2D eigenvalue weighted by atomic mass is 10.4. The molecule has 3 heteroatoms. The fourth-order valence-electron chi connectivity index (χ4n) is 0.885. The molecule has 0 fully saturated rings. The molecule has 1 aromatic heterocycles. The summed E-state index contributed by atoms with van der Waals surface area (Å²) in [4.78, 5) is 4.00. The Morgan fingerprint density at radius 1 is 1.58 bits per heavy atom. The fraction of sp³-hybridized carbons (Fsp3) is 0.333. The largest absolute Gasteiger partial charge is 0.624 e. The molecule has 0 aliphatic carbocycles. The van der Waals surface area contributed by atoms with E-state index in [4.69, 9.17) is 0 Å². The average Bonchev–Trinajstić information content (AvgIpc) is 2.06. The molecule has 0 aliphatic rings. The van der Waals surface area contributed by atoms with Crippen LogP contribution in [-0.4, -0.2) is 22.5 Å². The summed E-state index contributed by atoms with van der Waals surface area (Å²) in [5, 5.41) is 11.0. The van der Waals surface area contributed by atoms with Gasteiger partial charge < -0.3 is 5.21 Å². The molecule has 0 aliphatic heterocycles. The van der Waals surface area contributed by atoms with Crippen LogP contribution in [-0.2, 0) is 0 Å². The van der Waals surface area contributed by atoms with E-state index in [-0.39, 0.29) is 0 Å². The Labute approximate surface area is 72.0 Å². The highest BCUT2D eigenvalue weighted by molar-refractivity contribution is 5.72. The zero-order valence-electron chi connectivity index (χ0n) is 7.10. The minimum Gasteiger partial charge on any atom is -0.624 e. The Hall–Kier alpha value is -1.38. The van der Waals surface area contributed by atoms with Crippen molar-refractivity contribution in [3.05, 3.63) is 35.3 Å². The standard InChI is InChI=1S/C9H12N2O/c1-2-7-11(12)8-9-5-3-4-6-10-9/h3-6,8H,2,7H2,1H3. The lowest BCUT2D eigenvalue weighted by Crippen LogP contribution is -2.07. The number of aromatic nitrogens is 1. The maximum Gasteiger partial charge on any atom is 0.200 e. The Morgan fingerprint density at radius 3 is 3.00 bits per heavy atom. The smallest absolute Gasteiger partial charge is 0.200 e. The van der Waals surface area contributed by atoms with Gasteiger partial charge in [-0.25, -0.2) is 4.74 Å². The van der Waals surface area contributed by atoms with Gasteiger partial charge >= 0.3 is 0 Å². The van der Waals surface area contributed by atoms with E-state index >= 15 is 0 Å². The first-order valence-electron chi connectivity index (χ1n) is 4.02. The quantitative estimate of drug-likeness (QED) is 0.293. The fourth-order valence-corrected chi connectivity index (χ4v) is 0.885. The van der Waals surface area contributed by atoms with E-state index in [2.05, 4.69) is 4.98 Å². The van der Waals surface area contributed by atoms with Crippen molar-refractivity contribution in [3.63, 3.8) is 0 Å². The van der Waals surface area contributed by atoms with E-state index in [1.807, 2.05) is 19.1 Å². The third-order valence-electron chi connectivity index (χ3n) is 1.41. The zero-order chi connectivity index (χ0) is 8.81. The summed E-state index contributed by atoms with van der Waals surface area (Å²) in [7, 11) is 0. The number of rotatable bonds is 3. The van der Waals surface area contributed by atoms with Gasteiger partial charge in [0.15, 0.2) is 12.8 Å². The third kappa shape index (κ3) is 2.70. The summed E-state index contributed by atoms with van der Waals surface area (Å²) < 4.78 is 0.905. The molecule has 64 valence electrons. The number of nitrogens with zero attached hydrogens (tertiary/aromatic N) is 2. The topological polar surface area (TPSA) is 39.0 Å². The van der Waals surface area contributed by atoms with Crippen LogP contribution in [0, 0.1) is 5.21 Å². The van der Waals surface area contributed by atoms with E-state index in [9.17, 15) is 5.21 Å². The molecule has 1 aromatic rings. The lowest BCUT2D eigenvalue weighted by molar-refractivity contribution is -0.452. The van der Waals surface area contributed by atoms with Crippen LogP contribution >= 0.6 is 0 Å². The van der Waals surface area contributed by atoms with E-state index in [1.54, 1.807) is 12.3 Å². The minimum atomic E-state index is 0.524. The van der Waals surface area contributed by atoms with Gasteiger partial charge in [0, 0.05) is 12.6 Å². The first-order chi connectivity index (χ1) is 5.83. The molecule has 0 N–H and O–H groups in total. The van der Waals surface area contributed by atoms with Crippen molar-refractivity contribution in [2.45, 2.75) is 13.3 Å². The van der Waals surface area contributed by atoms with Crippen molar-refractivity contribution in [3.8, 4) is 0 Å². The van der Waals surface area contributed by atoms with Gasteiger partial charge in [0.05, 0.1) is 0 Å². The van der Waals surface area contributed by atoms with Crippen LogP contribution in [0.2, 0.25) is 0 Å². The molecule has 0 saturated carbocycles. The molecule has 3 nitrogen and oxygen atoms in total. The highest BCUT2D eigenvalue weighted by Gasteiger charge is 1.93. The second-order valence-corrected chi connectivity index (χ2v) is 2.52. The van der Waals surface area contributed by atoms with Crippen LogP contribution < -0.4 is 0 Å². The van der Waals surface area contributed by atoms with Gasteiger partial charge in [-0.2, -0.15) is 0 Å². The second-order valence-electron chi connectivity index (χ2n) is 2.52. The average molecular weight is 164 g/mol. The third-order valence-corrected chi connectivity index (χ3v) is 1.41. The Kier molecular flexibility index (Phi) is 3.26. The highest BCUT2D eigenvalue weighted by Crippen LogP contribution is 1.88. The molecule has 1 rings (SSSR count). The molecular formula is C9H12N2O. The SMILES string of the molecule is CCC[N+]([O-])=Cc1ccccn1. The monoisotopic (exact) mass is 164 g/mol. The summed E-state index contributed by atoms with van der Waals surface area (Å²) in [6.07, 6.45) is 4.03. The van der Waals surface area contributed by atoms with E-state index in [0.29, 0.717) is 12.2 Å². The van der Waals surface area contributed by atoms with Crippen molar-refractivity contribution >= 4 is 6.21 Å². The number of hydrogen-bond acceptors (Lipinski definition) is 2. The van der Waals surface area contributed by atoms with Crippen LogP contribution in [0.5, 0.6) is 0 Å². The van der Waals surface area contributed by atoms with Crippen molar-refractivity contribution in [1.82, 2.24) is 4.98 Å². The van der Waals surface area contributed by atoms with Crippen LogP contribution in [0.1, 0.15) is 19.0 Å². The van der Waals surface area contributed by atoms with Gasteiger partial charge in [-0.15, -0.1) is 0 Å². The van der Waals surface area contributed by atoms with E-state index in [0.717, 1.165) is 11.2 Å². The second kappa shape index (κ2) is 4.49. The minimum absolute atomic E-state index is 0.524. The predicted molar refractivity (Wildman–Crippen MR) is 48.2 cm³/mol. The van der Waals surface area contributed by atoms with E-state index < -0.39 is 0 Å². The first kappa shape index (κ1) is 8.71. The number of pyridine rings is 1. The normalized spacial score (nSPS) is 11.6. The molecular weight excluding hydrogens is 152 g/mol. The molecule has 0 radical (unpaired) electrons. The van der Waals surface area contributed by atoms with Crippen molar-refractivity contribution in [2.24, 2.45) is 0 Å². The van der Waals surface area contributed by atoms with Gasteiger partial charge in [-0.05, 0) is 12.1 Å². The molecule has 12 heavy (non-hydrogen) atoms. The Morgan fingerprint density at radius 2 is 2.42 bits per heavy atom. The zero-order valence-corrected chi connectivity index (χ0v) is 7.10. The van der Waals surface area contributed by atoms with E-state index in [1.165, 1.54) is 6.21 Å². The summed E-state index contributed by atoms with van der Waals surface area (Å²) in [6, 6.07) is 5.49.